The number of allylic oxidation sites excluding steroid dienone is 2. The van der Waals surface area contributed by atoms with Crippen LogP contribution in [-0.4, -0.2) is 52.5 Å². The van der Waals surface area contributed by atoms with Crippen molar-refractivity contribution in [2.75, 3.05) is 6.61 Å². The molecule has 0 radical (unpaired) electrons. The first-order chi connectivity index (χ1) is 21.4. The molecule has 13 heteroatoms. The number of alkyl halides is 3. The second-order valence-electron chi connectivity index (χ2n) is 12.7. The van der Waals surface area contributed by atoms with Crippen LogP contribution < -0.4 is 20.7 Å². The van der Waals surface area contributed by atoms with Gasteiger partial charge in [-0.15, -0.1) is 0 Å². The quantitative estimate of drug-likeness (QED) is 0.165. The molecule has 3 aliphatic heterocycles. The van der Waals surface area contributed by atoms with Gasteiger partial charge < -0.3 is 20.1 Å². The monoisotopic (exact) mass is 674 g/mol. The van der Waals surface area contributed by atoms with E-state index in [0.717, 1.165) is 31.4 Å². The van der Waals surface area contributed by atoms with Crippen molar-refractivity contribution in [1.29, 1.82) is 0 Å². The van der Waals surface area contributed by atoms with Crippen LogP contribution in [0.3, 0.4) is 0 Å². The van der Waals surface area contributed by atoms with Crippen LogP contribution in [0.5, 0.6) is 5.75 Å². The van der Waals surface area contributed by atoms with Gasteiger partial charge in [-0.3, -0.25) is 10.3 Å². The van der Waals surface area contributed by atoms with Crippen molar-refractivity contribution >= 4 is 34.6 Å². The Morgan fingerprint density at radius 3 is 2.64 bits per heavy atom. The van der Waals surface area contributed by atoms with Crippen molar-refractivity contribution in [1.82, 2.24) is 16.0 Å². The lowest BCUT2D eigenvalue weighted by atomic mass is 9.77. The second-order valence-corrected chi connectivity index (χ2v) is 14.4. The van der Waals surface area contributed by atoms with E-state index in [0.29, 0.717) is 30.4 Å². The Kier molecular flexibility index (Phi) is 10.7. The van der Waals surface area contributed by atoms with Crippen LogP contribution in [0, 0.1) is 17.7 Å². The summed E-state index contributed by atoms with van der Waals surface area (Å²) in [4.78, 5) is 18.2. The number of hydrogen-bond donors (Lipinski definition) is 3. The van der Waals surface area contributed by atoms with E-state index in [2.05, 4.69) is 29.0 Å². The molecule has 2 amide bonds. The minimum absolute atomic E-state index is 0.0914. The molecule has 45 heavy (non-hydrogen) atoms. The van der Waals surface area contributed by atoms with Gasteiger partial charge in [-0.05, 0) is 76.0 Å². The first-order valence-electron chi connectivity index (χ1n) is 15.9. The lowest BCUT2D eigenvalue weighted by Crippen LogP contribution is -2.59. The van der Waals surface area contributed by atoms with Crippen molar-refractivity contribution in [2.24, 2.45) is 16.8 Å². The van der Waals surface area contributed by atoms with Gasteiger partial charge in [0, 0.05) is 18.4 Å². The fourth-order valence-electron chi connectivity index (χ4n) is 7.20. The standard InChI is InChI=1S/C32H43ClF4N4O3S/c1-4-7-19(2)10-12-24(20(3)44-25-13-11-22(34)18-23(25)31(16-17-43-31)32(35,36)37)38-28(42)40-29-41-30(21-8-5-6-9-21)15-14-26(33)39-27(30)45-29/h4,7,11,13,18-21,24,27,29,41H,5-6,8-10,12,14-17H2,1-3H3,(H2,38,40,42)/b7-4+. The maximum atomic E-state index is 14.3. The van der Waals surface area contributed by atoms with Gasteiger partial charge in [0.15, 0.2) is 5.60 Å². The van der Waals surface area contributed by atoms with E-state index in [1.54, 1.807) is 18.7 Å². The summed E-state index contributed by atoms with van der Waals surface area (Å²) < 4.78 is 67.9. The Morgan fingerprint density at radius 1 is 1.27 bits per heavy atom. The molecule has 1 aromatic carbocycles. The van der Waals surface area contributed by atoms with Gasteiger partial charge in [0.1, 0.15) is 33.7 Å². The predicted molar refractivity (Wildman–Crippen MR) is 169 cm³/mol. The van der Waals surface area contributed by atoms with Crippen molar-refractivity contribution in [3.63, 3.8) is 0 Å². The number of carbonyl (C=O) groups is 1. The summed E-state index contributed by atoms with van der Waals surface area (Å²) >= 11 is 7.88. The molecule has 7 nitrogen and oxygen atoms in total. The third-order valence-electron chi connectivity index (χ3n) is 9.74. The van der Waals surface area contributed by atoms with Gasteiger partial charge in [0.25, 0.3) is 0 Å². The largest absolute Gasteiger partial charge is 0.488 e. The van der Waals surface area contributed by atoms with Crippen molar-refractivity contribution in [3.8, 4) is 5.75 Å². The summed E-state index contributed by atoms with van der Waals surface area (Å²) in [6, 6.07) is 2.10. The average Bonchev–Trinajstić information content (AvgIpc) is 3.60. The third-order valence-corrected chi connectivity index (χ3v) is 11.3. The lowest BCUT2D eigenvalue weighted by molar-refractivity contribution is -0.334. The highest BCUT2D eigenvalue weighted by Crippen LogP contribution is 2.53. The zero-order chi connectivity index (χ0) is 32.4. The summed E-state index contributed by atoms with van der Waals surface area (Å²) in [6.45, 7) is 5.59. The molecule has 3 N–H and O–H groups in total. The van der Waals surface area contributed by atoms with Crippen molar-refractivity contribution in [2.45, 2.75) is 119 Å². The van der Waals surface area contributed by atoms with Crippen LogP contribution >= 0.6 is 23.4 Å². The lowest BCUT2D eigenvalue weighted by Gasteiger charge is -2.44. The Balaban J connectivity index is 1.31. The van der Waals surface area contributed by atoms with Crippen molar-refractivity contribution in [3.05, 3.63) is 41.7 Å². The molecule has 4 aliphatic rings. The second kappa shape index (κ2) is 14.0. The topological polar surface area (TPSA) is 84.0 Å². The smallest absolute Gasteiger partial charge is 0.421 e. The van der Waals surface area contributed by atoms with E-state index >= 15 is 0 Å². The number of rotatable bonds is 11. The number of nitrogens with zero attached hydrogens (tertiary/aromatic N) is 1. The third kappa shape index (κ3) is 7.28. The van der Waals surface area contributed by atoms with Crippen molar-refractivity contribution < 1.29 is 31.8 Å². The van der Waals surface area contributed by atoms with E-state index in [1.165, 1.54) is 18.9 Å². The minimum atomic E-state index is -4.76. The van der Waals surface area contributed by atoms with E-state index in [1.807, 2.05) is 13.0 Å². The number of nitrogens with one attached hydrogen (secondary N) is 3. The van der Waals surface area contributed by atoms with Gasteiger partial charge in [0.2, 0.25) is 0 Å². The fraction of sp³-hybridized carbons (Fsp3) is 0.688. The zero-order valence-electron chi connectivity index (χ0n) is 25.9. The van der Waals surface area contributed by atoms with E-state index < -0.39 is 46.8 Å². The van der Waals surface area contributed by atoms with Crippen LogP contribution in [-0.2, 0) is 10.3 Å². The predicted octanol–water partition coefficient (Wildman–Crippen LogP) is 7.74. The molecule has 1 aromatic rings. The SMILES string of the molecule is C/C=C/C(C)CCC(NC(=O)NC1NC2(C3CCCC3)CCC(Cl)=NC2S1)C(C)Oc1ccc(F)cc1C1(C(F)(F)F)CCO1. The van der Waals surface area contributed by atoms with Crippen LogP contribution in [0.25, 0.3) is 0 Å². The van der Waals surface area contributed by atoms with Gasteiger partial charge in [0.05, 0.1) is 18.2 Å². The maximum Gasteiger partial charge on any atom is 0.421 e. The zero-order valence-corrected chi connectivity index (χ0v) is 27.5. The number of hydrogen-bond acceptors (Lipinski definition) is 6. The maximum absolute atomic E-state index is 14.3. The number of ether oxygens (including phenoxy) is 2. The molecule has 7 unspecified atom stereocenters. The molecule has 3 heterocycles. The molecular formula is C32H43ClF4N4O3S. The Morgan fingerprint density at radius 2 is 2.00 bits per heavy atom. The number of aliphatic imine (C=N–C) groups is 1. The fourth-order valence-corrected chi connectivity index (χ4v) is 8.98. The molecule has 250 valence electrons. The first kappa shape index (κ1) is 34.3. The summed E-state index contributed by atoms with van der Waals surface area (Å²) in [6.07, 6.45) is 5.52. The van der Waals surface area contributed by atoms with Gasteiger partial charge in [-0.25, -0.2) is 9.18 Å². The normalized spacial score (nSPS) is 30.7. The summed E-state index contributed by atoms with van der Waals surface area (Å²) in [5.74, 6) is -0.282. The molecular weight excluding hydrogens is 632 g/mol. The van der Waals surface area contributed by atoms with Gasteiger partial charge >= 0.3 is 12.2 Å². The molecule has 7 atom stereocenters. The number of carbonyl (C=O) groups excluding carboxylic acids is 1. The summed E-state index contributed by atoms with van der Waals surface area (Å²) in [7, 11) is 0. The molecule has 0 spiro atoms. The minimum Gasteiger partial charge on any atom is -0.488 e. The number of fused-ring (bicyclic) bond motifs is 1. The Labute approximate surface area is 271 Å². The Bertz CT molecular complexity index is 1270. The van der Waals surface area contributed by atoms with E-state index in [9.17, 15) is 22.4 Å². The number of benzene rings is 1. The van der Waals surface area contributed by atoms with Crippen LogP contribution in [0.2, 0.25) is 0 Å². The number of urea groups is 1. The number of thioether (sulfide) groups is 1. The Hall–Kier alpha value is -2.02. The molecule has 1 aliphatic carbocycles. The summed E-state index contributed by atoms with van der Waals surface area (Å²) in [5, 5.41) is 10.3. The molecule has 5 rings (SSSR count). The number of halogens is 5. The van der Waals surface area contributed by atoms with Gasteiger partial charge in [-0.1, -0.05) is 55.3 Å². The van der Waals surface area contributed by atoms with Crippen LogP contribution in [0.1, 0.15) is 84.1 Å². The average molecular weight is 675 g/mol. The van der Waals surface area contributed by atoms with Gasteiger partial charge in [-0.2, -0.15) is 13.2 Å². The molecule has 1 saturated carbocycles. The number of amides is 2. The van der Waals surface area contributed by atoms with E-state index in [-0.39, 0.29) is 35.6 Å². The van der Waals surface area contributed by atoms with Crippen LogP contribution in [0.4, 0.5) is 22.4 Å². The molecule has 3 fully saturated rings. The first-order valence-corrected chi connectivity index (χ1v) is 17.2. The molecule has 0 bridgehead atoms. The highest BCUT2D eigenvalue weighted by Gasteiger charge is 2.63. The molecule has 2 saturated heterocycles. The summed E-state index contributed by atoms with van der Waals surface area (Å²) in [5.41, 5.74) is -3.66. The molecule has 0 aromatic heterocycles. The highest BCUT2D eigenvalue weighted by atomic mass is 35.5. The highest BCUT2D eigenvalue weighted by molar-refractivity contribution is 8.00. The van der Waals surface area contributed by atoms with E-state index in [4.69, 9.17) is 26.1 Å². The van der Waals surface area contributed by atoms with Crippen LogP contribution in [0.15, 0.2) is 35.3 Å².